The average Bonchev–Trinajstić information content (AvgIpc) is 2.90. The van der Waals surface area contributed by atoms with Crippen molar-refractivity contribution in [2.24, 2.45) is 7.05 Å². The summed E-state index contributed by atoms with van der Waals surface area (Å²) in [6.07, 6.45) is 1.82. The second kappa shape index (κ2) is 5.43. The minimum atomic E-state index is 0.0668. The summed E-state index contributed by atoms with van der Waals surface area (Å²) in [5.74, 6) is 0. The third kappa shape index (κ3) is 2.30. The van der Waals surface area contributed by atoms with Crippen molar-refractivity contribution in [3.63, 3.8) is 0 Å². The van der Waals surface area contributed by atoms with E-state index in [1.54, 1.807) is 0 Å². The van der Waals surface area contributed by atoms with E-state index >= 15 is 0 Å². The van der Waals surface area contributed by atoms with Gasteiger partial charge in [-0.1, -0.05) is 31.2 Å². The lowest BCUT2D eigenvalue weighted by Gasteiger charge is -2.18. The number of nitrogens with zero attached hydrogens (tertiary/aromatic N) is 3. The van der Waals surface area contributed by atoms with Gasteiger partial charge in [0.05, 0.1) is 22.9 Å². The van der Waals surface area contributed by atoms with E-state index in [2.05, 4.69) is 35.5 Å². The van der Waals surface area contributed by atoms with E-state index in [4.69, 9.17) is 4.98 Å². The quantitative estimate of drug-likeness (QED) is 0.789. The highest BCUT2D eigenvalue weighted by atomic mass is 15.3. The van der Waals surface area contributed by atoms with Crippen LogP contribution >= 0.6 is 0 Å². The van der Waals surface area contributed by atoms with Gasteiger partial charge >= 0.3 is 0 Å². The van der Waals surface area contributed by atoms with Gasteiger partial charge in [0, 0.05) is 18.6 Å². The topological polar surface area (TPSA) is 42.7 Å². The van der Waals surface area contributed by atoms with Crippen LogP contribution in [0.25, 0.3) is 10.9 Å². The molecule has 0 bridgehead atoms. The number of pyridine rings is 1. The molecule has 20 heavy (non-hydrogen) atoms. The summed E-state index contributed by atoms with van der Waals surface area (Å²) in [4.78, 5) is 4.79. The smallest absolute Gasteiger partial charge is 0.0921 e. The van der Waals surface area contributed by atoms with Crippen LogP contribution in [0.2, 0.25) is 0 Å². The first kappa shape index (κ1) is 12.8. The number of rotatable bonds is 4. The van der Waals surface area contributed by atoms with Gasteiger partial charge in [-0.25, -0.2) is 0 Å². The van der Waals surface area contributed by atoms with E-state index in [0.29, 0.717) is 0 Å². The zero-order valence-corrected chi connectivity index (χ0v) is 11.7. The number of para-hydroxylation sites is 1. The van der Waals surface area contributed by atoms with Crippen LogP contribution in [0.4, 0.5) is 0 Å². The fraction of sp³-hybridized carbons (Fsp3) is 0.250. The van der Waals surface area contributed by atoms with Gasteiger partial charge in [0.2, 0.25) is 0 Å². The van der Waals surface area contributed by atoms with Crippen LogP contribution in [0.3, 0.4) is 0 Å². The number of aromatic nitrogens is 3. The highest BCUT2D eigenvalue weighted by molar-refractivity contribution is 5.78. The first-order valence-electron chi connectivity index (χ1n) is 6.86. The Labute approximate surface area is 118 Å². The van der Waals surface area contributed by atoms with Crippen molar-refractivity contribution >= 4 is 10.9 Å². The number of benzene rings is 1. The Kier molecular flexibility index (Phi) is 3.48. The maximum absolute atomic E-state index is 4.79. The minimum absolute atomic E-state index is 0.0668. The molecule has 102 valence electrons. The standard InChI is InChI=1S/C16H18N4/c1-3-17-16(15-10-11-18-20(15)2)14-9-8-12-6-4-5-7-13(12)19-14/h4-11,16-17H,3H2,1-2H3. The summed E-state index contributed by atoms with van der Waals surface area (Å²) < 4.78 is 1.89. The van der Waals surface area contributed by atoms with E-state index in [1.165, 1.54) is 0 Å². The van der Waals surface area contributed by atoms with Crippen molar-refractivity contribution in [2.75, 3.05) is 6.54 Å². The van der Waals surface area contributed by atoms with Crippen LogP contribution in [-0.4, -0.2) is 21.3 Å². The predicted molar refractivity (Wildman–Crippen MR) is 80.5 cm³/mol. The second-order valence-corrected chi connectivity index (χ2v) is 4.80. The van der Waals surface area contributed by atoms with Gasteiger partial charge in [-0.2, -0.15) is 5.10 Å². The molecule has 3 rings (SSSR count). The summed E-state index contributed by atoms with van der Waals surface area (Å²) in [7, 11) is 1.96. The monoisotopic (exact) mass is 266 g/mol. The summed E-state index contributed by atoms with van der Waals surface area (Å²) in [5.41, 5.74) is 3.17. The van der Waals surface area contributed by atoms with E-state index in [-0.39, 0.29) is 6.04 Å². The zero-order valence-electron chi connectivity index (χ0n) is 11.7. The average molecular weight is 266 g/mol. The van der Waals surface area contributed by atoms with E-state index in [0.717, 1.165) is 28.8 Å². The molecule has 4 heteroatoms. The van der Waals surface area contributed by atoms with E-state index in [9.17, 15) is 0 Å². The molecule has 4 nitrogen and oxygen atoms in total. The van der Waals surface area contributed by atoms with Crippen LogP contribution in [0.5, 0.6) is 0 Å². The lowest BCUT2D eigenvalue weighted by molar-refractivity contribution is 0.563. The molecule has 0 amide bonds. The van der Waals surface area contributed by atoms with Gasteiger partial charge in [-0.3, -0.25) is 9.67 Å². The minimum Gasteiger partial charge on any atom is -0.304 e. The van der Waals surface area contributed by atoms with Crippen molar-refractivity contribution in [1.29, 1.82) is 0 Å². The van der Waals surface area contributed by atoms with Crippen molar-refractivity contribution in [3.8, 4) is 0 Å². The Morgan fingerprint density at radius 1 is 1.15 bits per heavy atom. The van der Waals surface area contributed by atoms with E-state index < -0.39 is 0 Å². The largest absolute Gasteiger partial charge is 0.304 e. The molecule has 2 aromatic heterocycles. The third-order valence-corrected chi connectivity index (χ3v) is 3.48. The Morgan fingerprint density at radius 3 is 2.75 bits per heavy atom. The molecule has 1 atom stereocenters. The Bertz CT molecular complexity index is 717. The third-order valence-electron chi connectivity index (χ3n) is 3.48. The van der Waals surface area contributed by atoms with Crippen LogP contribution in [0, 0.1) is 0 Å². The molecular weight excluding hydrogens is 248 g/mol. The maximum atomic E-state index is 4.79. The molecular formula is C16H18N4. The first-order valence-corrected chi connectivity index (χ1v) is 6.86. The fourth-order valence-corrected chi connectivity index (χ4v) is 2.47. The molecule has 0 aliphatic carbocycles. The van der Waals surface area contributed by atoms with Gasteiger partial charge in [0.15, 0.2) is 0 Å². The first-order chi connectivity index (χ1) is 9.79. The van der Waals surface area contributed by atoms with E-state index in [1.807, 2.05) is 42.2 Å². The highest BCUT2D eigenvalue weighted by Crippen LogP contribution is 2.22. The normalized spacial score (nSPS) is 12.7. The van der Waals surface area contributed by atoms with Crippen LogP contribution in [0.1, 0.15) is 24.4 Å². The summed E-state index contributed by atoms with van der Waals surface area (Å²) in [6.45, 7) is 2.98. The number of aryl methyl sites for hydroxylation is 1. The van der Waals surface area contributed by atoms with Crippen molar-refractivity contribution in [2.45, 2.75) is 13.0 Å². The molecule has 0 aliphatic rings. The van der Waals surface area contributed by atoms with Crippen molar-refractivity contribution < 1.29 is 0 Å². The van der Waals surface area contributed by atoms with Crippen LogP contribution in [0.15, 0.2) is 48.7 Å². The van der Waals surface area contributed by atoms with Crippen LogP contribution in [-0.2, 0) is 7.05 Å². The lowest BCUT2D eigenvalue weighted by Crippen LogP contribution is -2.25. The summed E-state index contributed by atoms with van der Waals surface area (Å²) in [6, 6.07) is 14.5. The molecule has 0 saturated heterocycles. The number of nitrogens with one attached hydrogen (secondary N) is 1. The molecule has 3 aromatic rings. The summed E-state index contributed by atoms with van der Waals surface area (Å²) >= 11 is 0. The molecule has 0 radical (unpaired) electrons. The number of hydrogen-bond acceptors (Lipinski definition) is 3. The van der Waals surface area contributed by atoms with Crippen molar-refractivity contribution in [3.05, 3.63) is 60.0 Å². The molecule has 0 aliphatic heterocycles. The molecule has 0 fully saturated rings. The fourth-order valence-electron chi connectivity index (χ4n) is 2.47. The molecule has 0 saturated carbocycles. The van der Waals surface area contributed by atoms with Crippen molar-refractivity contribution in [1.82, 2.24) is 20.1 Å². The maximum Gasteiger partial charge on any atom is 0.0921 e. The molecule has 1 aromatic carbocycles. The molecule has 2 heterocycles. The van der Waals surface area contributed by atoms with Gasteiger partial charge in [0.25, 0.3) is 0 Å². The Balaban J connectivity index is 2.07. The molecule has 0 spiro atoms. The lowest BCUT2D eigenvalue weighted by atomic mass is 10.1. The van der Waals surface area contributed by atoms with Gasteiger partial charge < -0.3 is 5.32 Å². The summed E-state index contributed by atoms with van der Waals surface area (Å²) in [5, 5.41) is 8.90. The molecule has 1 N–H and O–H groups in total. The second-order valence-electron chi connectivity index (χ2n) is 4.80. The van der Waals surface area contributed by atoms with Gasteiger partial charge in [-0.05, 0) is 24.7 Å². The number of hydrogen-bond donors (Lipinski definition) is 1. The predicted octanol–water partition coefficient (Wildman–Crippen LogP) is 2.67. The van der Waals surface area contributed by atoms with Crippen LogP contribution < -0.4 is 5.32 Å². The Morgan fingerprint density at radius 2 is 2.00 bits per heavy atom. The Hall–Kier alpha value is -2.20. The van der Waals surface area contributed by atoms with Gasteiger partial charge in [0.1, 0.15) is 0 Å². The zero-order chi connectivity index (χ0) is 13.9. The van der Waals surface area contributed by atoms with Gasteiger partial charge in [-0.15, -0.1) is 0 Å². The molecule has 1 unspecified atom stereocenters. The highest BCUT2D eigenvalue weighted by Gasteiger charge is 2.17. The SMILES string of the molecule is CCNC(c1ccc2ccccc2n1)c1ccnn1C. The number of fused-ring (bicyclic) bond motifs is 1.